The molecule has 5 nitrogen and oxygen atoms in total. The minimum atomic E-state index is -0.713. The van der Waals surface area contributed by atoms with Gasteiger partial charge in [0.25, 0.3) is 0 Å². The first kappa shape index (κ1) is 20.3. The molecule has 2 unspecified atom stereocenters. The van der Waals surface area contributed by atoms with Crippen LogP contribution in [0.4, 0.5) is 19.0 Å². The SMILES string of the molecule is CC1C2CCC(CC2)C1Nc1nc(-c2c[nH]c3c(F)cc(F)cc23)nc(-c2ccco2)c1F. The fraction of sp³-hybridized carbons (Fsp3) is 0.360. The van der Waals surface area contributed by atoms with E-state index >= 15 is 4.39 Å². The molecule has 1 aromatic carbocycles. The highest BCUT2D eigenvalue weighted by Gasteiger charge is 2.41. The fourth-order valence-electron chi connectivity index (χ4n) is 5.74. The van der Waals surface area contributed by atoms with Crippen molar-refractivity contribution in [1.82, 2.24) is 15.0 Å². The summed E-state index contributed by atoms with van der Waals surface area (Å²) >= 11 is 0. The summed E-state index contributed by atoms with van der Waals surface area (Å²) in [6.45, 7) is 2.21. The van der Waals surface area contributed by atoms with Gasteiger partial charge in [0.05, 0.1) is 11.8 Å². The van der Waals surface area contributed by atoms with Crippen LogP contribution >= 0.6 is 0 Å². The van der Waals surface area contributed by atoms with Crippen molar-refractivity contribution < 1.29 is 17.6 Å². The van der Waals surface area contributed by atoms with Gasteiger partial charge in [0.15, 0.2) is 23.2 Å². The number of aromatic amines is 1. The van der Waals surface area contributed by atoms with Crippen LogP contribution in [-0.4, -0.2) is 21.0 Å². The Kier molecular flexibility index (Phi) is 4.71. The van der Waals surface area contributed by atoms with Gasteiger partial charge in [0, 0.05) is 29.3 Å². The standard InChI is InChI=1S/C25H23F3N4O/c1-12-13-4-6-14(7-5-13)21(12)30-25-20(28)23(19-3-2-8-33-19)31-24(32-25)17-11-29-22-16(17)9-15(26)10-18(22)27/h2-3,8-14,21,29H,4-7H2,1H3,(H,30,31,32). The predicted octanol–water partition coefficient (Wildman–Crippen LogP) is 6.54. The average molecular weight is 452 g/mol. The van der Waals surface area contributed by atoms with E-state index in [1.54, 1.807) is 12.1 Å². The zero-order valence-electron chi connectivity index (χ0n) is 18.0. The van der Waals surface area contributed by atoms with Crippen LogP contribution in [0.2, 0.25) is 0 Å². The molecule has 3 fully saturated rings. The highest BCUT2D eigenvalue weighted by atomic mass is 19.1. The van der Waals surface area contributed by atoms with Crippen LogP contribution in [0.3, 0.4) is 0 Å². The monoisotopic (exact) mass is 452 g/mol. The lowest BCUT2D eigenvalue weighted by atomic mass is 9.62. The van der Waals surface area contributed by atoms with Crippen molar-refractivity contribution in [2.45, 2.75) is 38.6 Å². The number of nitrogens with zero attached hydrogens (tertiary/aromatic N) is 2. The Balaban J connectivity index is 1.49. The Hall–Kier alpha value is -3.29. The summed E-state index contributed by atoms with van der Waals surface area (Å²) in [5, 5.41) is 3.67. The van der Waals surface area contributed by atoms with Crippen molar-refractivity contribution in [3.63, 3.8) is 0 Å². The maximum Gasteiger partial charge on any atom is 0.194 e. The second-order valence-corrected chi connectivity index (χ2v) is 9.25. The van der Waals surface area contributed by atoms with Gasteiger partial charge >= 0.3 is 0 Å². The van der Waals surface area contributed by atoms with Crippen LogP contribution in [0.15, 0.2) is 41.1 Å². The van der Waals surface area contributed by atoms with Crippen molar-refractivity contribution in [1.29, 1.82) is 0 Å². The van der Waals surface area contributed by atoms with Gasteiger partial charge in [-0.15, -0.1) is 0 Å². The van der Waals surface area contributed by atoms with Crippen LogP contribution in [0.5, 0.6) is 0 Å². The summed E-state index contributed by atoms with van der Waals surface area (Å²) in [4.78, 5) is 11.7. The molecule has 2 N–H and O–H groups in total. The van der Waals surface area contributed by atoms with E-state index in [0.29, 0.717) is 28.7 Å². The molecule has 3 saturated carbocycles. The number of fused-ring (bicyclic) bond motifs is 4. The summed E-state index contributed by atoms with van der Waals surface area (Å²) in [5.74, 6) is -0.0215. The van der Waals surface area contributed by atoms with Gasteiger partial charge < -0.3 is 14.7 Å². The zero-order chi connectivity index (χ0) is 22.7. The molecule has 170 valence electrons. The molecule has 2 bridgehead atoms. The average Bonchev–Trinajstić information content (AvgIpc) is 3.48. The van der Waals surface area contributed by atoms with E-state index in [-0.39, 0.29) is 34.7 Å². The largest absolute Gasteiger partial charge is 0.463 e. The van der Waals surface area contributed by atoms with Gasteiger partial charge in [0.2, 0.25) is 0 Å². The Morgan fingerprint density at radius 1 is 1.06 bits per heavy atom. The quantitative estimate of drug-likeness (QED) is 0.369. The number of hydrogen-bond acceptors (Lipinski definition) is 4. The van der Waals surface area contributed by atoms with Crippen LogP contribution in [0.1, 0.15) is 32.6 Å². The number of H-pyrrole nitrogens is 1. The number of halogens is 3. The fourth-order valence-corrected chi connectivity index (χ4v) is 5.74. The molecule has 7 rings (SSSR count). The Bertz CT molecular complexity index is 1320. The third kappa shape index (κ3) is 3.31. The minimum Gasteiger partial charge on any atom is -0.463 e. The number of rotatable bonds is 4. The second kappa shape index (κ2) is 7.64. The Morgan fingerprint density at radius 3 is 2.58 bits per heavy atom. The molecule has 0 amide bonds. The molecular formula is C25H23F3N4O. The van der Waals surface area contributed by atoms with E-state index in [4.69, 9.17) is 4.42 Å². The number of hydrogen-bond donors (Lipinski definition) is 2. The zero-order valence-corrected chi connectivity index (χ0v) is 18.0. The molecule has 3 aromatic heterocycles. The number of furan rings is 1. The van der Waals surface area contributed by atoms with Gasteiger partial charge in [-0.25, -0.2) is 23.1 Å². The molecule has 0 saturated heterocycles. The van der Waals surface area contributed by atoms with E-state index in [1.807, 2.05) is 0 Å². The molecule has 3 heterocycles. The van der Waals surface area contributed by atoms with E-state index in [9.17, 15) is 8.78 Å². The van der Waals surface area contributed by atoms with E-state index in [1.165, 1.54) is 31.4 Å². The summed E-state index contributed by atoms with van der Waals surface area (Å²) in [7, 11) is 0. The maximum atomic E-state index is 15.6. The highest BCUT2D eigenvalue weighted by Crippen LogP contribution is 2.46. The molecule has 0 spiro atoms. The van der Waals surface area contributed by atoms with Gasteiger partial charge in [-0.2, -0.15) is 0 Å². The summed E-state index contributed by atoms with van der Waals surface area (Å²) in [6.07, 6.45) is 7.64. The lowest BCUT2D eigenvalue weighted by molar-refractivity contribution is 0.0926. The van der Waals surface area contributed by atoms with E-state index < -0.39 is 17.5 Å². The number of benzene rings is 1. The van der Waals surface area contributed by atoms with Crippen molar-refractivity contribution in [3.05, 3.63) is 54.2 Å². The molecule has 3 aliphatic rings. The maximum absolute atomic E-state index is 15.6. The number of aromatic nitrogens is 3. The normalized spacial score (nSPS) is 24.5. The summed E-state index contributed by atoms with van der Waals surface area (Å²) in [6, 6.07) is 5.42. The molecule has 4 aromatic rings. The molecular weight excluding hydrogens is 429 g/mol. The third-order valence-electron chi connectivity index (χ3n) is 7.49. The van der Waals surface area contributed by atoms with Crippen molar-refractivity contribution in [2.24, 2.45) is 17.8 Å². The first-order valence-electron chi connectivity index (χ1n) is 11.3. The van der Waals surface area contributed by atoms with E-state index in [0.717, 1.165) is 18.9 Å². The third-order valence-corrected chi connectivity index (χ3v) is 7.49. The van der Waals surface area contributed by atoms with Gasteiger partial charge in [-0.3, -0.25) is 0 Å². The van der Waals surface area contributed by atoms with Gasteiger partial charge in [-0.05, 0) is 61.6 Å². The van der Waals surface area contributed by atoms with Crippen LogP contribution in [-0.2, 0) is 0 Å². The molecule has 0 radical (unpaired) electrons. The van der Waals surface area contributed by atoms with Crippen molar-refractivity contribution in [2.75, 3.05) is 5.32 Å². The second-order valence-electron chi connectivity index (χ2n) is 9.25. The van der Waals surface area contributed by atoms with Gasteiger partial charge in [-0.1, -0.05) is 6.92 Å². The summed E-state index contributed by atoms with van der Waals surface area (Å²) in [5.41, 5.74) is 0.538. The molecule has 0 aliphatic heterocycles. The smallest absolute Gasteiger partial charge is 0.194 e. The highest BCUT2D eigenvalue weighted by molar-refractivity contribution is 5.94. The Labute approximate surface area is 188 Å². The van der Waals surface area contributed by atoms with Crippen molar-refractivity contribution in [3.8, 4) is 22.8 Å². The van der Waals surface area contributed by atoms with E-state index in [2.05, 4.69) is 27.2 Å². The topological polar surface area (TPSA) is 66.7 Å². The van der Waals surface area contributed by atoms with Crippen molar-refractivity contribution >= 4 is 16.7 Å². The lowest BCUT2D eigenvalue weighted by Crippen LogP contribution is -2.47. The molecule has 3 aliphatic carbocycles. The number of nitrogens with one attached hydrogen (secondary N) is 2. The molecule has 2 atom stereocenters. The van der Waals surface area contributed by atoms with Crippen LogP contribution < -0.4 is 5.32 Å². The first-order chi connectivity index (χ1) is 16.0. The minimum absolute atomic E-state index is 0.00680. The molecule has 8 heteroatoms. The Morgan fingerprint density at radius 2 is 1.85 bits per heavy atom. The summed E-state index contributed by atoms with van der Waals surface area (Å²) < 4.78 is 49.3. The predicted molar refractivity (Wildman–Crippen MR) is 119 cm³/mol. The molecule has 33 heavy (non-hydrogen) atoms. The number of anilines is 1. The van der Waals surface area contributed by atoms with Crippen LogP contribution in [0.25, 0.3) is 33.7 Å². The van der Waals surface area contributed by atoms with Gasteiger partial charge in [0.1, 0.15) is 17.3 Å². The first-order valence-corrected chi connectivity index (χ1v) is 11.3. The lowest BCUT2D eigenvalue weighted by Gasteiger charge is -2.47. The van der Waals surface area contributed by atoms with Crippen LogP contribution in [0, 0.1) is 35.2 Å².